The molecule has 25 heavy (non-hydrogen) atoms. The summed E-state index contributed by atoms with van der Waals surface area (Å²) in [6, 6.07) is 15.8. The maximum absolute atomic E-state index is 12.0. The Morgan fingerprint density at radius 1 is 0.960 bits per heavy atom. The zero-order valence-electron chi connectivity index (χ0n) is 15.2. The fourth-order valence-corrected chi connectivity index (χ4v) is 3.29. The van der Waals surface area contributed by atoms with Crippen molar-refractivity contribution in [1.82, 2.24) is 0 Å². The van der Waals surface area contributed by atoms with Gasteiger partial charge in [0.05, 0.1) is 12.0 Å². The molecule has 0 radical (unpaired) electrons. The van der Waals surface area contributed by atoms with E-state index in [1.54, 1.807) is 18.7 Å². The minimum Gasteiger partial charge on any atom is -0.466 e. The van der Waals surface area contributed by atoms with Gasteiger partial charge in [0.2, 0.25) is 0 Å². The van der Waals surface area contributed by atoms with E-state index in [1.165, 1.54) is 0 Å². The molecule has 0 fully saturated rings. The number of esters is 1. The van der Waals surface area contributed by atoms with Crippen LogP contribution in [-0.4, -0.2) is 18.4 Å². The van der Waals surface area contributed by atoms with E-state index in [2.05, 4.69) is 12.1 Å². The Labute approximate surface area is 153 Å². The minimum absolute atomic E-state index is 0.0742. The zero-order chi connectivity index (χ0) is 18.4. The van der Waals surface area contributed by atoms with E-state index in [1.807, 2.05) is 57.2 Å². The van der Waals surface area contributed by atoms with E-state index >= 15 is 0 Å². The molecule has 0 aliphatic heterocycles. The molecule has 0 bridgehead atoms. The predicted molar refractivity (Wildman–Crippen MR) is 101 cm³/mol. The quantitative estimate of drug-likeness (QED) is 0.507. The highest BCUT2D eigenvalue weighted by Crippen LogP contribution is 2.30. The summed E-state index contributed by atoms with van der Waals surface area (Å²) in [5.74, 6) is -0.0934. The van der Waals surface area contributed by atoms with Gasteiger partial charge in [0.25, 0.3) is 0 Å². The van der Waals surface area contributed by atoms with Crippen molar-refractivity contribution in [2.45, 2.75) is 43.9 Å². The summed E-state index contributed by atoms with van der Waals surface area (Å²) in [5, 5.41) is 0. The summed E-state index contributed by atoms with van der Waals surface area (Å²) >= 11 is 1.65. The van der Waals surface area contributed by atoms with E-state index in [4.69, 9.17) is 4.74 Å². The maximum Gasteiger partial charge on any atom is 0.311 e. The van der Waals surface area contributed by atoms with Gasteiger partial charge in [-0.15, -0.1) is 0 Å². The van der Waals surface area contributed by atoms with Crippen molar-refractivity contribution in [3.05, 3.63) is 59.7 Å². The van der Waals surface area contributed by atoms with Gasteiger partial charge in [-0.05, 0) is 63.9 Å². The van der Waals surface area contributed by atoms with Crippen LogP contribution in [0, 0.1) is 5.41 Å². The Bertz CT molecular complexity index is 731. The molecule has 0 aromatic heterocycles. The Kier molecular flexibility index (Phi) is 6.43. The number of carbonyl (C=O) groups is 2. The van der Waals surface area contributed by atoms with Crippen molar-refractivity contribution >= 4 is 23.5 Å². The van der Waals surface area contributed by atoms with E-state index < -0.39 is 5.41 Å². The summed E-state index contributed by atoms with van der Waals surface area (Å²) in [7, 11) is 0. The molecular formula is C21H24O3S. The summed E-state index contributed by atoms with van der Waals surface area (Å²) in [6.07, 6.45) is 0.643. The van der Waals surface area contributed by atoms with Crippen LogP contribution in [0.4, 0.5) is 0 Å². The lowest BCUT2D eigenvalue weighted by molar-refractivity contribution is -0.153. The number of hydrogen-bond acceptors (Lipinski definition) is 4. The molecule has 0 aliphatic rings. The van der Waals surface area contributed by atoms with E-state index in [-0.39, 0.29) is 11.8 Å². The first-order valence-electron chi connectivity index (χ1n) is 8.37. The van der Waals surface area contributed by atoms with Crippen LogP contribution in [0.25, 0.3) is 0 Å². The van der Waals surface area contributed by atoms with Crippen molar-refractivity contribution in [2.75, 3.05) is 6.61 Å². The van der Waals surface area contributed by atoms with Gasteiger partial charge in [-0.2, -0.15) is 0 Å². The normalized spacial score (nSPS) is 11.2. The molecule has 3 nitrogen and oxygen atoms in total. The highest BCUT2D eigenvalue weighted by atomic mass is 32.2. The molecule has 4 heteroatoms. The molecule has 0 unspecified atom stereocenters. The Morgan fingerprint density at radius 3 is 1.96 bits per heavy atom. The van der Waals surface area contributed by atoms with Gasteiger partial charge in [0, 0.05) is 15.4 Å². The fraction of sp³-hybridized carbons (Fsp3) is 0.333. The smallest absolute Gasteiger partial charge is 0.311 e. The average molecular weight is 356 g/mol. The molecule has 0 heterocycles. The first-order valence-corrected chi connectivity index (χ1v) is 9.18. The lowest BCUT2D eigenvalue weighted by Gasteiger charge is -2.22. The molecule has 0 saturated carbocycles. The SMILES string of the molecule is CCOC(=O)C(C)(C)Cc1ccc(Sc2ccc(C(C)=O)cc2)cc1. The zero-order valence-corrected chi connectivity index (χ0v) is 16.0. The van der Waals surface area contributed by atoms with Crippen LogP contribution in [0.3, 0.4) is 0 Å². The summed E-state index contributed by atoms with van der Waals surface area (Å²) in [6.45, 7) is 7.61. The van der Waals surface area contributed by atoms with Crippen molar-refractivity contribution in [3.63, 3.8) is 0 Å². The van der Waals surface area contributed by atoms with Gasteiger partial charge in [-0.3, -0.25) is 9.59 Å². The molecule has 0 aliphatic carbocycles. The monoisotopic (exact) mass is 356 g/mol. The summed E-state index contributed by atoms with van der Waals surface area (Å²) < 4.78 is 5.14. The van der Waals surface area contributed by atoms with Crippen LogP contribution >= 0.6 is 11.8 Å². The third-order valence-electron chi connectivity index (χ3n) is 3.89. The second-order valence-electron chi connectivity index (χ2n) is 6.61. The molecule has 0 amide bonds. The second-order valence-corrected chi connectivity index (χ2v) is 7.75. The summed E-state index contributed by atoms with van der Waals surface area (Å²) in [4.78, 5) is 25.5. The van der Waals surface area contributed by atoms with Crippen molar-refractivity contribution in [1.29, 1.82) is 0 Å². The molecule has 2 rings (SSSR count). The Balaban J connectivity index is 2.02. The van der Waals surface area contributed by atoms with Gasteiger partial charge >= 0.3 is 5.97 Å². The number of Topliss-reactive ketones (excluding diaryl/α,β-unsaturated/α-hetero) is 1. The van der Waals surface area contributed by atoms with Crippen LogP contribution in [-0.2, 0) is 16.0 Å². The molecule has 0 atom stereocenters. The lowest BCUT2D eigenvalue weighted by Crippen LogP contribution is -2.28. The van der Waals surface area contributed by atoms with Gasteiger partial charge in [0.15, 0.2) is 5.78 Å². The number of benzene rings is 2. The van der Waals surface area contributed by atoms with Crippen LogP contribution in [0.2, 0.25) is 0 Å². The largest absolute Gasteiger partial charge is 0.466 e. The number of rotatable bonds is 7. The van der Waals surface area contributed by atoms with Crippen molar-refractivity contribution in [3.8, 4) is 0 Å². The second kappa shape index (κ2) is 8.34. The number of ketones is 1. The molecular weight excluding hydrogens is 332 g/mol. The molecule has 0 spiro atoms. The van der Waals surface area contributed by atoms with E-state index in [9.17, 15) is 9.59 Å². The molecule has 2 aromatic carbocycles. The number of ether oxygens (including phenoxy) is 1. The van der Waals surface area contributed by atoms with Crippen LogP contribution in [0.5, 0.6) is 0 Å². The molecule has 0 N–H and O–H groups in total. The standard InChI is InChI=1S/C21H24O3S/c1-5-24-20(23)21(3,4)14-16-6-10-18(11-7-16)25-19-12-8-17(9-13-19)15(2)22/h6-13H,5,14H2,1-4H3. The minimum atomic E-state index is -0.535. The van der Waals surface area contributed by atoms with Gasteiger partial charge in [-0.25, -0.2) is 0 Å². The Morgan fingerprint density at radius 2 is 1.48 bits per heavy atom. The summed E-state index contributed by atoms with van der Waals surface area (Å²) in [5.41, 5.74) is 1.29. The lowest BCUT2D eigenvalue weighted by atomic mass is 9.86. The van der Waals surface area contributed by atoms with Crippen LogP contribution < -0.4 is 0 Å². The highest BCUT2D eigenvalue weighted by molar-refractivity contribution is 7.99. The van der Waals surface area contributed by atoms with Gasteiger partial charge in [0.1, 0.15) is 0 Å². The van der Waals surface area contributed by atoms with E-state index in [0.717, 1.165) is 20.9 Å². The molecule has 2 aromatic rings. The number of carbonyl (C=O) groups excluding carboxylic acids is 2. The average Bonchev–Trinajstić information content (AvgIpc) is 2.57. The molecule has 132 valence electrons. The van der Waals surface area contributed by atoms with Crippen LogP contribution in [0.15, 0.2) is 58.3 Å². The third kappa shape index (κ3) is 5.46. The van der Waals surface area contributed by atoms with Crippen molar-refractivity contribution in [2.24, 2.45) is 5.41 Å². The maximum atomic E-state index is 12.0. The topological polar surface area (TPSA) is 43.4 Å². The molecule has 0 saturated heterocycles. The predicted octanol–water partition coefficient (Wildman–Crippen LogP) is 5.17. The highest BCUT2D eigenvalue weighted by Gasteiger charge is 2.29. The van der Waals surface area contributed by atoms with Gasteiger partial charge < -0.3 is 4.74 Å². The number of hydrogen-bond donors (Lipinski definition) is 0. The first kappa shape index (κ1) is 19.3. The van der Waals surface area contributed by atoms with E-state index in [0.29, 0.717) is 13.0 Å². The third-order valence-corrected chi connectivity index (χ3v) is 4.91. The van der Waals surface area contributed by atoms with Crippen molar-refractivity contribution < 1.29 is 14.3 Å². The fourth-order valence-electron chi connectivity index (χ4n) is 2.48. The Hall–Kier alpha value is -2.07. The first-order chi connectivity index (χ1) is 11.8. The van der Waals surface area contributed by atoms with Crippen LogP contribution in [0.1, 0.15) is 43.6 Å². The van der Waals surface area contributed by atoms with Gasteiger partial charge in [-0.1, -0.05) is 36.0 Å².